The maximum atomic E-state index is 11.5. The summed E-state index contributed by atoms with van der Waals surface area (Å²) in [6.45, 7) is 5.68. The SMILES string of the molecule is CC(C)(C)C(=O)Nc1ccccc1.OBO. The average Bonchev–Trinajstić information content (AvgIpc) is 2.19. The standard InChI is InChI=1S/C11H15NO.BH3O2/c1-11(2,3)10(13)12-9-7-5-4-6-8-9;2-1-3/h4-8H,1-3H3,(H,12,13);1-3H. The summed E-state index contributed by atoms with van der Waals surface area (Å²) in [6, 6.07) is 9.48. The molecule has 1 aromatic carbocycles. The summed E-state index contributed by atoms with van der Waals surface area (Å²) in [6.07, 6.45) is 0. The largest absolute Gasteiger partial charge is 0.432 e. The van der Waals surface area contributed by atoms with E-state index in [4.69, 9.17) is 10.0 Å². The molecular formula is C11H18BNO3. The Morgan fingerprint density at radius 1 is 1.19 bits per heavy atom. The molecule has 5 heteroatoms. The molecule has 1 amide bonds. The summed E-state index contributed by atoms with van der Waals surface area (Å²) < 4.78 is 0. The van der Waals surface area contributed by atoms with Crippen molar-refractivity contribution in [2.24, 2.45) is 5.41 Å². The van der Waals surface area contributed by atoms with Gasteiger partial charge in [-0.2, -0.15) is 0 Å². The van der Waals surface area contributed by atoms with Crippen LogP contribution in [0.2, 0.25) is 0 Å². The second kappa shape index (κ2) is 7.03. The Labute approximate surface area is 96.6 Å². The van der Waals surface area contributed by atoms with Gasteiger partial charge in [-0.1, -0.05) is 39.0 Å². The molecule has 1 rings (SSSR count). The fourth-order valence-corrected chi connectivity index (χ4v) is 0.840. The van der Waals surface area contributed by atoms with Gasteiger partial charge in [0.05, 0.1) is 0 Å². The number of rotatable bonds is 1. The number of anilines is 1. The lowest BCUT2D eigenvalue weighted by Crippen LogP contribution is -2.27. The molecule has 0 radical (unpaired) electrons. The zero-order valence-electron chi connectivity index (χ0n) is 9.90. The van der Waals surface area contributed by atoms with Gasteiger partial charge in [0.15, 0.2) is 0 Å². The number of carbonyl (C=O) groups is 1. The number of amides is 1. The number of nitrogens with one attached hydrogen (secondary N) is 1. The van der Waals surface area contributed by atoms with Crippen molar-refractivity contribution >= 4 is 19.3 Å². The van der Waals surface area contributed by atoms with Crippen LogP contribution in [0.5, 0.6) is 0 Å². The minimum Gasteiger partial charge on any atom is -0.430 e. The van der Waals surface area contributed by atoms with Crippen molar-refractivity contribution in [1.82, 2.24) is 0 Å². The highest BCUT2D eigenvalue weighted by Crippen LogP contribution is 2.16. The molecule has 0 heterocycles. The molecule has 0 saturated heterocycles. The third-order valence-electron chi connectivity index (χ3n) is 1.71. The Morgan fingerprint density at radius 2 is 1.62 bits per heavy atom. The Morgan fingerprint density at radius 3 is 2.00 bits per heavy atom. The van der Waals surface area contributed by atoms with Crippen molar-refractivity contribution in [2.75, 3.05) is 5.32 Å². The first-order chi connectivity index (χ1) is 7.41. The third-order valence-corrected chi connectivity index (χ3v) is 1.71. The van der Waals surface area contributed by atoms with Crippen molar-refractivity contribution in [2.45, 2.75) is 20.8 Å². The highest BCUT2D eigenvalue weighted by atomic mass is 16.4. The van der Waals surface area contributed by atoms with Gasteiger partial charge in [-0.25, -0.2) is 0 Å². The fraction of sp³-hybridized carbons (Fsp3) is 0.364. The lowest BCUT2D eigenvalue weighted by Gasteiger charge is -2.17. The molecule has 0 aliphatic carbocycles. The molecule has 0 aromatic heterocycles. The highest BCUT2D eigenvalue weighted by Gasteiger charge is 2.20. The van der Waals surface area contributed by atoms with Crippen LogP contribution < -0.4 is 5.32 Å². The summed E-state index contributed by atoms with van der Waals surface area (Å²) >= 11 is 0. The first kappa shape index (κ1) is 14.7. The van der Waals surface area contributed by atoms with Crippen LogP contribution in [-0.4, -0.2) is 23.6 Å². The van der Waals surface area contributed by atoms with Crippen molar-refractivity contribution in [3.05, 3.63) is 30.3 Å². The number of benzene rings is 1. The molecule has 1 aromatic rings. The zero-order valence-corrected chi connectivity index (χ0v) is 9.90. The van der Waals surface area contributed by atoms with E-state index in [1.807, 2.05) is 51.1 Å². The van der Waals surface area contributed by atoms with E-state index >= 15 is 0 Å². The van der Waals surface area contributed by atoms with Crippen LogP contribution in [0.1, 0.15) is 20.8 Å². The molecule has 0 spiro atoms. The van der Waals surface area contributed by atoms with E-state index in [2.05, 4.69) is 5.32 Å². The van der Waals surface area contributed by atoms with Gasteiger partial charge in [-0.3, -0.25) is 4.79 Å². The van der Waals surface area contributed by atoms with Crippen LogP contribution in [0.4, 0.5) is 5.69 Å². The van der Waals surface area contributed by atoms with Gasteiger partial charge in [0.2, 0.25) is 5.91 Å². The first-order valence-corrected chi connectivity index (χ1v) is 5.00. The molecule has 0 saturated carbocycles. The molecule has 16 heavy (non-hydrogen) atoms. The van der Waals surface area contributed by atoms with Crippen molar-refractivity contribution < 1.29 is 14.8 Å². The maximum absolute atomic E-state index is 11.5. The number of hydrogen-bond acceptors (Lipinski definition) is 3. The van der Waals surface area contributed by atoms with Crippen molar-refractivity contribution in [1.29, 1.82) is 0 Å². The molecule has 0 bridgehead atoms. The quantitative estimate of drug-likeness (QED) is 0.619. The minimum absolute atomic E-state index is 0.0405. The van der Waals surface area contributed by atoms with Gasteiger partial charge in [-0.15, -0.1) is 0 Å². The van der Waals surface area contributed by atoms with Crippen LogP contribution in [0, 0.1) is 5.41 Å². The predicted molar refractivity (Wildman–Crippen MR) is 66.1 cm³/mol. The first-order valence-electron chi connectivity index (χ1n) is 5.00. The normalized spacial score (nSPS) is 9.81. The minimum atomic E-state index is -0.750. The topological polar surface area (TPSA) is 69.6 Å². The van der Waals surface area contributed by atoms with E-state index in [0.717, 1.165) is 5.69 Å². The van der Waals surface area contributed by atoms with E-state index in [9.17, 15) is 4.79 Å². The zero-order chi connectivity index (χ0) is 12.6. The van der Waals surface area contributed by atoms with Crippen molar-refractivity contribution in [3.8, 4) is 0 Å². The third kappa shape index (κ3) is 6.21. The summed E-state index contributed by atoms with van der Waals surface area (Å²) in [5.74, 6) is 0.0405. The summed E-state index contributed by atoms with van der Waals surface area (Å²) in [5.41, 5.74) is 0.512. The maximum Gasteiger partial charge on any atom is 0.432 e. The molecule has 88 valence electrons. The molecule has 0 aliphatic rings. The molecule has 0 aliphatic heterocycles. The Bertz CT molecular complexity index is 309. The summed E-state index contributed by atoms with van der Waals surface area (Å²) in [7, 11) is -0.750. The van der Waals surface area contributed by atoms with E-state index in [0.29, 0.717) is 0 Å². The van der Waals surface area contributed by atoms with Crippen LogP contribution in [0.15, 0.2) is 30.3 Å². The highest BCUT2D eigenvalue weighted by molar-refractivity contribution is 6.13. The van der Waals surface area contributed by atoms with Crippen LogP contribution in [-0.2, 0) is 4.79 Å². The molecule has 0 fully saturated rings. The second-order valence-electron chi connectivity index (χ2n) is 4.21. The second-order valence-corrected chi connectivity index (χ2v) is 4.21. The Hall–Kier alpha value is -1.33. The number of hydrogen-bond donors (Lipinski definition) is 3. The molecule has 3 N–H and O–H groups in total. The van der Waals surface area contributed by atoms with E-state index in [1.54, 1.807) is 0 Å². The molecule has 0 unspecified atom stereocenters. The average molecular weight is 223 g/mol. The van der Waals surface area contributed by atoms with E-state index in [-0.39, 0.29) is 11.3 Å². The van der Waals surface area contributed by atoms with Gasteiger partial charge < -0.3 is 15.4 Å². The van der Waals surface area contributed by atoms with E-state index < -0.39 is 7.69 Å². The van der Waals surface area contributed by atoms with Crippen LogP contribution >= 0.6 is 0 Å². The molecule has 4 nitrogen and oxygen atoms in total. The van der Waals surface area contributed by atoms with Crippen LogP contribution in [0.25, 0.3) is 0 Å². The number of carbonyl (C=O) groups excluding carboxylic acids is 1. The van der Waals surface area contributed by atoms with Gasteiger partial charge in [0.25, 0.3) is 0 Å². The Kier molecular flexibility index (Phi) is 6.45. The summed E-state index contributed by atoms with van der Waals surface area (Å²) in [4.78, 5) is 11.5. The van der Waals surface area contributed by atoms with Gasteiger partial charge >= 0.3 is 7.69 Å². The lowest BCUT2D eigenvalue weighted by atomic mass is 9.95. The summed E-state index contributed by atoms with van der Waals surface area (Å²) in [5, 5.41) is 17.1. The predicted octanol–water partition coefficient (Wildman–Crippen LogP) is 0.909. The smallest absolute Gasteiger partial charge is 0.430 e. The van der Waals surface area contributed by atoms with Crippen LogP contribution in [0.3, 0.4) is 0 Å². The van der Waals surface area contributed by atoms with Gasteiger partial charge in [0, 0.05) is 11.1 Å². The number of para-hydroxylation sites is 1. The molecular weight excluding hydrogens is 205 g/mol. The van der Waals surface area contributed by atoms with E-state index in [1.165, 1.54) is 0 Å². The molecule has 0 atom stereocenters. The monoisotopic (exact) mass is 223 g/mol. The lowest BCUT2D eigenvalue weighted by molar-refractivity contribution is -0.123. The van der Waals surface area contributed by atoms with Crippen molar-refractivity contribution in [3.63, 3.8) is 0 Å². The van der Waals surface area contributed by atoms with Gasteiger partial charge in [0.1, 0.15) is 0 Å². The van der Waals surface area contributed by atoms with Gasteiger partial charge in [-0.05, 0) is 12.1 Å². The Balaban J connectivity index is 0.000000673. The fourth-order valence-electron chi connectivity index (χ4n) is 0.840.